The summed E-state index contributed by atoms with van der Waals surface area (Å²) in [5.74, 6) is -0.471. The fraction of sp³-hybridized carbons (Fsp3) is 0.680. The van der Waals surface area contributed by atoms with Gasteiger partial charge in [0.1, 0.15) is 5.60 Å². The Labute approximate surface area is 218 Å². The van der Waals surface area contributed by atoms with Gasteiger partial charge in [0.15, 0.2) is 5.69 Å². The molecule has 210 valence electrons. The first-order valence-corrected chi connectivity index (χ1v) is 12.5. The van der Waals surface area contributed by atoms with Crippen LogP contribution in [0.4, 0.5) is 22.8 Å². The van der Waals surface area contributed by atoms with Crippen molar-refractivity contribution in [2.75, 3.05) is 21.2 Å². The molecular formula is C25H34F3N5O5. The number of aromatic nitrogens is 2. The van der Waals surface area contributed by atoms with E-state index in [1.807, 2.05) is 0 Å². The smallest absolute Gasteiger partial charge is 0.434 e. The van der Waals surface area contributed by atoms with E-state index in [9.17, 15) is 27.6 Å². The number of nitrogens with zero attached hydrogens (tertiary/aromatic N) is 3. The van der Waals surface area contributed by atoms with Crippen LogP contribution in [0.5, 0.6) is 0 Å². The van der Waals surface area contributed by atoms with Gasteiger partial charge in [-0.3, -0.25) is 4.79 Å². The molecule has 2 unspecified atom stereocenters. The summed E-state index contributed by atoms with van der Waals surface area (Å²) in [4.78, 5) is 38.4. The van der Waals surface area contributed by atoms with Gasteiger partial charge in [-0.1, -0.05) is 0 Å². The Kier molecular flexibility index (Phi) is 7.17. The standard InChI is InChI=1S/C25H34F3N5O5/c1-23(2,31-21(35)37-5)6-7-33-19(25(26,27)28)17(13-29-33)20(34)30-18-15-8-14-9-16(18)12-24(10-14,11-15)38-22(36)32(3)4/h6-7,13-16,18H,8-12H2,1-5H3,(H,30,34)(H,31,35)/b7-6+/t14?,15?,16?,18-,24-. The van der Waals surface area contributed by atoms with Crippen LogP contribution in [0.15, 0.2) is 12.3 Å². The van der Waals surface area contributed by atoms with Crippen LogP contribution in [0.2, 0.25) is 0 Å². The summed E-state index contributed by atoms with van der Waals surface area (Å²) >= 11 is 0. The van der Waals surface area contributed by atoms with Crippen molar-refractivity contribution >= 4 is 24.3 Å². The van der Waals surface area contributed by atoms with Gasteiger partial charge in [0, 0.05) is 26.3 Å². The lowest BCUT2D eigenvalue weighted by Gasteiger charge is -2.59. The summed E-state index contributed by atoms with van der Waals surface area (Å²) in [6.07, 6.45) is 0.847. The SMILES string of the molecule is COC(=O)NC(C)(C)/C=C/n1ncc(C(=O)N[C@H]2C3CC4CC2C[C@](OC(=O)N(C)C)(C4)C3)c1C(F)(F)F. The Hall–Kier alpha value is -3.25. The van der Waals surface area contributed by atoms with Crippen LogP contribution in [0.25, 0.3) is 6.20 Å². The highest BCUT2D eigenvalue weighted by molar-refractivity contribution is 5.95. The first-order valence-electron chi connectivity index (χ1n) is 12.5. The second-order valence-corrected chi connectivity index (χ2v) is 11.4. The molecule has 0 spiro atoms. The number of hydrogen-bond donors (Lipinski definition) is 2. The molecule has 0 aromatic carbocycles. The number of alkyl halides is 3. The molecule has 0 aliphatic heterocycles. The van der Waals surface area contributed by atoms with Crippen LogP contribution in [-0.2, 0) is 15.7 Å². The summed E-state index contributed by atoms with van der Waals surface area (Å²) in [5, 5.41) is 9.14. The second kappa shape index (κ2) is 9.81. The number of hydrogen-bond acceptors (Lipinski definition) is 6. The lowest BCUT2D eigenvalue weighted by Crippen LogP contribution is -2.63. The second-order valence-electron chi connectivity index (χ2n) is 11.4. The van der Waals surface area contributed by atoms with Crippen LogP contribution in [0.3, 0.4) is 0 Å². The van der Waals surface area contributed by atoms with Crippen molar-refractivity contribution < 1.29 is 37.0 Å². The third-order valence-electron chi connectivity index (χ3n) is 7.73. The molecule has 0 radical (unpaired) electrons. The lowest BCUT2D eigenvalue weighted by molar-refractivity contribution is -0.143. The third kappa shape index (κ3) is 5.60. The van der Waals surface area contributed by atoms with Crippen molar-refractivity contribution in [1.82, 2.24) is 25.3 Å². The minimum Gasteiger partial charge on any atom is -0.453 e. The quantitative estimate of drug-likeness (QED) is 0.565. The van der Waals surface area contributed by atoms with E-state index in [2.05, 4.69) is 20.5 Å². The number of alkyl carbamates (subject to hydrolysis) is 1. The Morgan fingerprint density at radius 3 is 2.34 bits per heavy atom. The van der Waals surface area contributed by atoms with Crippen LogP contribution >= 0.6 is 0 Å². The summed E-state index contributed by atoms with van der Waals surface area (Å²) in [7, 11) is 4.42. The number of nitrogens with one attached hydrogen (secondary N) is 2. The Morgan fingerprint density at radius 1 is 1.16 bits per heavy atom. The number of methoxy groups -OCH3 is 1. The summed E-state index contributed by atoms with van der Waals surface area (Å²) in [6, 6.07) is -0.312. The van der Waals surface area contributed by atoms with Crippen LogP contribution in [-0.4, -0.2) is 71.2 Å². The zero-order chi connectivity index (χ0) is 28.0. The molecule has 4 aliphatic rings. The van der Waals surface area contributed by atoms with Crippen molar-refractivity contribution in [3.05, 3.63) is 23.5 Å². The molecule has 1 aromatic heterocycles. The van der Waals surface area contributed by atoms with Crippen molar-refractivity contribution in [2.24, 2.45) is 17.8 Å². The molecule has 3 amide bonds. The summed E-state index contributed by atoms with van der Waals surface area (Å²) in [6.45, 7) is 3.14. The first kappa shape index (κ1) is 27.8. The Balaban J connectivity index is 1.52. The van der Waals surface area contributed by atoms with E-state index in [1.165, 1.54) is 18.1 Å². The zero-order valence-corrected chi connectivity index (χ0v) is 22.1. The minimum atomic E-state index is -4.86. The lowest BCUT2D eigenvalue weighted by atomic mass is 9.52. The highest BCUT2D eigenvalue weighted by Crippen LogP contribution is 2.57. The molecule has 4 saturated carbocycles. The van der Waals surface area contributed by atoms with E-state index in [-0.39, 0.29) is 17.9 Å². The number of halogens is 3. The average Bonchev–Trinajstić information content (AvgIpc) is 3.24. The molecule has 4 bridgehead atoms. The van der Waals surface area contributed by atoms with Gasteiger partial charge in [-0.05, 0) is 69.8 Å². The predicted octanol–water partition coefficient (Wildman–Crippen LogP) is 3.88. The fourth-order valence-corrected chi connectivity index (χ4v) is 6.35. The molecule has 0 saturated heterocycles. The van der Waals surface area contributed by atoms with Gasteiger partial charge in [0.25, 0.3) is 5.91 Å². The third-order valence-corrected chi connectivity index (χ3v) is 7.73. The van der Waals surface area contributed by atoms with E-state index in [0.29, 0.717) is 23.4 Å². The van der Waals surface area contributed by atoms with Gasteiger partial charge in [-0.2, -0.15) is 18.3 Å². The van der Waals surface area contributed by atoms with E-state index in [0.717, 1.165) is 31.7 Å². The summed E-state index contributed by atoms with van der Waals surface area (Å²) < 4.78 is 53.2. The Morgan fingerprint density at radius 2 is 1.79 bits per heavy atom. The van der Waals surface area contributed by atoms with Crippen LogP contribution in [0, 0.1) is 17.8 Å². The largest absolute Gasteiger partial charge is 0.453 e. The summed E-state index contributed by atoms with van der Waals surface area (Å²) in [5.41, 5.74) is -3.42. The van der Waals surface area contributed by atoms with Gasteiger partial charge in [0.05, 0.1) is 24.4 Å². The van der Waals surface area contributed by atoms with E-state index in [4.69, 9.17) is 4.74 Å². The average molecular weight is 542 g/mol. The molecule has 1 aromatic rings. The van der Waals surface area contributed by atoms with Crippen LogP contribution in [0.1, 0.15) is 62.0 Å². The van der Waals surface area contributed by atoms with Crippen molar-refractivity contribution in [2.45, 2.75) is 69.3 Å². The van der Waals surface area contributed by atoms with E-state index in [1.54, 1.807) is 27.9 Å². The highest BCUT2D eigenvalue weighted by atomic mass is 19.4. The van der Waals surface area contributed by atoms with Gasteiger partial charge in [0.2, 0.25) is 0 Å². The van der Waals surface area contributed by atoms with Crippen molar-refractivity contribution in [3.8, 4) is 0 Å². The van der Waals surface area contributed by atoms with Crippen molar-refractivity contribution in [1.29, 1.82) is 0 Å². The maximum absolute atomic E-state index is 14.1. The predicted molar refractivity (Wildman–Crippen MR) is 130 cm³/mol. The number of carbonyl (C=O) groups is 3. The molecule has 2 N–H and O–H groups in total. The molecule has 38 heavy (non-hydrogen) atoms. The van der Waals surface area contributed by atoms with E-state index < -0.39 is 46.7 Å². The molecule has 1 heterocycles. The number of amides is 3. The van der Waals surface area contributed by atoms with Gasteiger partial charge in [-0.25, -0.2) is 14.3 Å². The molecule has 2 atom stereocenters. The maximum atomic E-state index is 14.1. The van der Waals surface area contributed by atoms with Gasteiger partial charge >= 0.3 is 18.4 Å². The topological polar surface area (TPSA) is 115 Å². The molecule has 4 fully saturated rings. The number of carbonyl (C=O) groups excluding carboxylic acids is 3. The van der Waals surface area contributed by atoms with Gasteiger partial charge in [-0.15, -0.1) is 0 Å². The highest BCUT2D eigenvalue weighted by Gasteiger charge is 2.58. The fourth-order valence-electron chi connectivity index (χ4n) is 6.35. The normalized spacial score (nSPS) is 28.3. The molecule has 5 rings (SSSR count). The molecule has 13 heteroatoms. The molecule has 10 nitrogen and oxygen atoms in total. The monoisotopic (exact) mass is 541 g/mol. The number of rotatable bonds is 6. The molecular weight excluding hydrogens is 507 g/mol. The van der Waals surface area contributed by atoms with Crippen molar-refractivity contribution in [3.63, 3.8) is 0 Å². The Bertz CT molecular complexity index is 1110. The van der Waals surface area contributed by atoms with E-state index >= 15 is 0 Å². The number of ether oxygens (including phenoxy) is 2. The maximum Gasteiger partial charge on any atom is 0.434 e. The zero-order valence-electron chi connectivity index (χ0n) is 22.1. The first-order chi connectivity index (χ1) is 17.6. The minimum absolute atomic E-state index is 0.00892. The van der Waals surface area contributed by atoms with Crippen LogP contribution < -0.4 is 10.6 Å². The molecule has 4 aliphatic carbocycles. The van der Waals surface area contributed by atoms with Gasteiger partial charge < -0.3 is 25.0 Å².